The van der Waals surface area contributed by atoms with E-state index in [0.29, 0.717) is 0 Å². The normalized spacial score (nSPS) is 14.0. The van der Waals surface area contributed by atoms with Gasteiger partial charge in [0.25, 0.3) is 16.3 Å². The van der Waals surface area contributed by atoms with Crippen LogP contribution in [0.1, 0.15) is 22.3 Å². The summed E-state index contributed by atoms with van der Waals surface area (Å²) in [5.41, 5.74) is 10.2. The van der Waals surface area contributed by atoms with Crippen LogP contribution in [0.3, 0.4) is 0 Å². The van der Waals surface area contributed by atoms with Gasteiger partial charge in [-0.2, -0.15) is 0 Å². The van der Waals surface area contributed by atoms with Crippen molar-refractivity contribution in [1.29, 1.82) is 0 Å². The molecule has 0 saturated carbocycles. The minimum atomic E-state index is 0. The Morgan fingerprint density at radius 3 is 2.46 bits per heavy atom. The number of hydrogen-bond donors (Lipinski definition) is 0. The molecule has 0 amide bonds. The van der Waals surface area contributed by atoms with E-state index < -0.39 is 0 Å². The fourth-order valence-corrected chi connectivity index (χ4v) is 4.71. The van der Waals surface area contributed by atoms with Gasteiger partial charge in [0.05, 0.1) is 5.69 Å². The van der Waals surface area contributed by atoms with Gasteiger partial charge in [0, 0.05) is 6.21 Å². The number of nitrogens with zero attached hydrogens (tertiary/aromatic N) is 1. The molecule has 1 radical (unpaired) electrons. The third-order valence-corrected chi connectivity index (χ3v) is 6.71. The third kappa shape index (κ3) is 1.68. The molecule has 1 aliphatic heterocycles. The van der Waals surface area contributed by atoms with Gasteiger partial charge in [0.2, 0.25) is 0 Å². The molecule has 0 fully saturated rings. The van der Waals surface area contributed by atoms with E-state index in [1.807, 2.05) is 0 Å². The summed E-state index contributed by atoms with van der Waals surface area (Å²) < 4.78 is 3.72. The number of rotatable bonds is 0. The first-order valence-corrected chi connectivity index (χ1v) is 9.29. The Labute approximate surface area is 144 Å². The van der Waals surface area contributed by atoms with Crippen LogP contribution in [0, 0.1) is 6.92 Å². The second-order valence-electron chi connectivity index (χ2n) is 6.88. The average molecular weight is 558 g/mol. The summed E-state index contributed by atoms with van der Waals surface area (Å²) in [6.45, 7) is 2.30. The molecular weight excluding hydrogens is 540 g/mol. The first kappa shape index (κ1) is 14.7. The molecular formula is C21H18AlBkN. The van der Waals surface area contributed by atoms with Crippen molar-refractivity contribution in [2.24, 2.45) is 0 Å². The standard InChI is InChI=1S/C21H16N.Al.Bk.2H/c1-13-4-3-5-14-6-8-16-12-17-9-7-15-10-11-22(2)21(15)20(17)19(16)18(13)14;;;;/h3,5-9H,10,12H2,1-2H3;;;;. The van der Waals surface area contributed by atoms with E-state index in [0.717, 1.165) is 29.1 Å². The first-order chi connectivity index (χ1) is 11.1. The first-order valence-electron chi connectivity index (χ1n) is 8.29. The van der Waals surface area contributed by atoms with Gasteiger partial charge in [0.1, 0.15) is 7.05 Å². The minimum Gasteiger partial charge on any atom is -0.366 e. The van der Waals surface area contributed by atoms with Crippen LogP contribution in [0.5, 0.6) is 0 Å². The molecule has 5 rings (SSSR count). The second kappa shape index (κ2) is 4.81. The maximum atomic E-state index is 3.46. The maximum absolute atomic E-state index is 3.46. The van der Waals surface area contributed by atoms with E-state index in [-0.39, 0.29) is 0 Å². The Bertz CT molecular complexity index is 1050. The van der Waals surface area contributed by atoms with E-state index in [2.05, 4.69) is 61.2 Å². The summed E-state index contributed by atoms with van der Waals surface area (Å²) in [6, 6.07) is 13.9. The van der Waals surface area contributed by atoms with Gasteiger partial charge in [-0.1, -0.05) is 47.5 Å². The molecule has 0 aromatic heterocycles. The van der Waals surface area contributed by atoms with Crippen LogP contribution in [-0.2, 0) is 12.8 Å². The Hall–Kier alpha value is -2.88. The third-order valence-electron chi connectivity index (χ3n) is 5.62. The van der Waals surface area contributed by atoms with Crippen molar-refractivity contribution >= 4 is 43.4 Å². The summed E-state index contributed by atoms with van der Waals surface area (Å²) in [6.07, 6.45) is 5.46. The van der Waals surface area contributed by atoms with E-state index in [1.54, 1.807) is 0 Å². The molecule has 0 unspecified atom stereocenters. The van der Waals surface area contributed by atoms with Crippen molar-refractivity contribution in [3.8, 4) is 11.1 Å². The molecule has 2 aliphatic rings. The predicted molar refractivity (Wildman–Crippen MR) is 99.7 cm³/mol. The van der Waals surface area contributed by atoms with E-state index in [9.17, 15) is 0 Å². The van der Waals surface area contributed by atoms with Gasteiger partial charge in [-0.25, -0.2) is 0 Å². The van der Waals surface area contributed by atoms with E-state index in [4.69, 9.17) is 0 Å². The molecule has 3 aromatic carbocycles. The molecule has 0 saturated heterocycles. The monoisotopic (exact) mass is 558 g/mol. The summed E-state index contributed by atoms with van der Waals surface area (Å²) in [5.74, 6) is 0. The fraction of sp³-hybridized carbons (Fsp3) is 0.190. The Kier molecular flexibility index (Phi) is 2.94. The summed E-state index contributed by atoms with van der Waals surface area (Å²) in [7, 11) is 2.14. The number of fused-ring (bicyclic) bond motifs is 7. The van der Waals surface area contributed by atoms with Gasteiger partial charge in [-0.15, -0.1) is 4.43 Å². The zero-order chi connectivity index (χ0) is 15.7. The molecule has 3 aromatic rings. The van der Waals surface area contributed by atoms with Crippen molar-refractivity contribution in [2.45, 2.75) is 19.8 Å². The number of aryl methyl sites for hydroxylation is 1. The molecule has 0 atom stereocenters. The van der Waals surface area contributed by atoms with Gasteiger partial charge >= 0.3 is 0 Å². The molecule has 1 nitrogen and oxygen atoms in total. The van der Waals surface area contributed by atoms with Crippen LogP contribution in [0.4, 0.5) is 5.69 Å². The quantitative estimate of drug-likeness (QED) is 0.178. The minimum absolute atomic E-state index is 0. The van der Waals surface area contributed by atoms with Gasteiger partial charge in [-0.3, -0.25) is 0 Å². The van der Waals surface area contributed by atoms with Gasteiger partial charge in [0.15, 0.2) is 0 Å². The SMILES string of the molecule is Cc1[c]([AlH2])ccc2ccc3c(c12)-c1c(ccc2c1[N+](C)=[C-]C2)C3.[Bk]. The topological polar surface area (TPSA) is 3.01 Å². The molecule has 1 heterocycles. The number of benzene rings is 3. The van der Waals surface area contributed by atoms with Crippen LogP contribution >= 0.6 is 0 Å². The molecule has 119 valence electrons. The molecule has 0 bridgehead atoms. The Balaban J connectivity index is 0.00000146. The molecule has 0 N–H and O–H groups in total. The van der Waals surface area contributed by atoms with E-state index >= 15 is 0 Å². The fourth-order valence-electron chi connectivity index (χ4n) is 4.29. The van der Waals surface area contributed by atoms with Gasteiger partial charge in [-0.05, 0) is 52.8 Å². The smallest absolute Gasteiger partial charge is 0.259 e. The molecule has 1 aliphatic carbocycles. The van der Waals surface area contributed by atoms with Crippen molar-refractivity contribution < 1.29 is 4.58 Å². The van der Waals surface area contributed by atoms with Crippen molar-refractivity contribution in [1.82, 2.24) is 0 Å². The Morgan fingerprint density at radius 2 is 1.62 bits per heavy atom. The molecule has 24 heavy (non-hydrogen) atoms. The molecule has 0 spiro atoms. The van der Waals surface area contributed by atoms with Crippen molar-refractivity contribution in [3.63, 3.8) is 0 Å². The predicted octanol–water partition coefficient (Wildman–Crippen LogP) is 2.76. The van der Waals surface area contributed by atoms with Crippen molar-refractivity contribution in [2.75, 3.05) is 7.05 Å². The molecule has 3 heteroatoms. The van der Waals surface area contributed by atoms with Crippen molar-refractivity contribution in [3.05, 3.63) is 58.7 Å². The van der Waals surface area contributed by atoms with Gasteiger partial charge < -0.3 is 4.58 Å². The average Bonchev–Trinajstić information content (AvgIpc) is 3.11. The van der Waals surface area contributed by atoms with Crippen LogP contribution in [-0.4, -0.2) is 34.1 Å². The maximum Gasteiger partial charge on any atom is 0.259 e. The van der Waals surface area contributed by atoms with Crippen LogP contribution in [0.25, 0.3) is 21.9 Å². The zero-order valence-corrected chi connectivity index (χ0v) is 18.9. The summed E-state index contributed by atoms with van der Waals surface area (Å²) in [4.78, 5) is 0. The van der Waals surface area contributed by atoms with Crippen LogP contribution < -0.4 is 4.43 Å². The largest absolute Gasteiger partial charge is 0.366 e. The second-order valence-corrected chi connectivity index (χ2v) is 7.96. The van der Waals surface area contributed by atoms with E-state index in [1.165, 1.54) is 54.3 Å². The summed E-state index contributed by atoms with van der Waals surface area (Å²) >= 11 is 1.10. The Morgan fingerprint density at radius 1 is 0.958 bits per heavy atom. The van der Waals surface area contributed by atoms with Crippen LogP contribution in [0.2, 0.25) is 0 Å². The number of hydrogen-bond acceptors (Lipinski definition) is 0. The summed E-state index contributed by atoms with van der Waals surface area (Å²) in [5, 5.41) is 2.85. The zero-order valence-electron chi connectivity index (χ0n) is 14.2. The van der Waals surface area contributed by atoms with Crippen LogP contribution in [0.15, 0.2) is 36.4 Å².